The highest BCUT2D eigenvalue weighted by Gasteiger charge is 2.21. The number of hydrogen-bond acceptors (Lipinski definition) is 4. The summed E-state index contributed by atoms with van der Waals surface area (Å²) in [5, 5.41) is 9.05. The first-order valence-corrected chi connectivity index (χ1v) is 10.4. The van der Waals surface area contributed by atoms with Crippen molar-refractivity contribution in [2.75, 3.05) is 20.2 Å². The van der Waals surface area contributed by atoms with Crippen LogP contribution in [0.1, 0.15) is 49.7 Å². The maximum Gasteiger partial charge on any atom is 0.216 e. The van der Waals surface area contributed by atoms with Crippen molar-refractivity contribution in [3.05, 3.63) is 47.8 Å². The van der Waals surface area contributed by atoms with E-state index in [2.05, 4.69) is 58.5 Å². The molecule has 29 heavy (non-hydrogen) atoms. The van der Waals surface area contributed by atoms with Gasteiger partial charge in [0.15, 0.2) is 5.65 Å². The lowest BCUT2D eigenvalue weighted by atomic mass is 9.88. The van der Waals surface area contributed by atoms with Crippen LogP contribution in [0, 0.1) is 0 Å². The van der Waals surface area contributed by atoms with Crippen molar-refractivity contribution in [3.8, 4) is 17.1 Å². The number of H-pyrrole nitrogens is 1. The largest absolute Gasteiger partial charge is 0.481 e. The Kier molecular flexibility index (Phi) is 4.51. The topological polar surface area (TPSA) is 67.2 Å². The van der Waals surface area contributed by atoms with Gasteiger partial charge in [-0.25, -0.2) is 4.98 Å². The highest BCUT2D eigenvalue weighted by atomic mass is 16.5. The molecule has 0 aliphatic carbocycles. The Morgan fingerprint density at radius 1 is 1.14 bits per heavy atom. The molecule has 0 radical (unpaired) electrons. The van der Waals surface area contributed by atoms with Crippen LogP contribution in [0.2, 0.25) is 0 Å². The lowest BCUT2D eigenvalue weighted by Crippen LogP contribution is -2.26. The highest BCUT2D eigenvalue weighted by Crippen LogP contribution is 2.38. The molecule has 2 N–H and O–H groups in total. The van der Waals surface area contributed by atoms with Crippen LogP contribution >= 0.6 is 0 Å². The molecular formula is C23H27N5O. The predicted octanol–water partition coefficient (Wildman–Crippen LogP) is 4.48. The molecule has 1 fully saturated rings. The number of nitrogens with zero attached hydrogens (tertiary/aromatic N) is 3. The minimum absolute atomic E-state index is 0.391. The van der Waals surface area contributed by atoms with Gasteiger partial charge in [-0.1, -0.05) is 19.9 Å². The van der Waals surface area contributed by atoms with E-state index in [1.54, 1.807) is 18.0 Å². The maximum absolute atomic E-state index is 5.56. The van der Waals surface area contributed by atoms with E-state index in [1.807, 2.05) is 6.07 Å². The zero-order valence-electron chi connectivity index (χ0n) is 17.2. The number of aromatic nitrogens is 4. The molecule has 5 rings (SSSR count). The summed E-state index contributed by atoms with van der Waals surface area (Å²) in [6, 6.07) is 11.1. The van der Waals surface area contributed by atoms with E-state index in [4.69, 9.17) is 4.74 Å². The molecule has 0 saturated carbocycles. The fraction of sp³-hybridized carbons (Fsp3) is 0.391. The van der Waals surface area contributed by atoms with Crippen LogP contribution in [-0.2, 0) is 0 Å². The molecule has 1 aliphatic heterocycles. The van der Waals surface area contributed by atoms with Gasteiger partial charge in [-0.2, -0.15) is 9.61 Å². The molecule has 0 bridgehead atoms. The van der Waals surface area contributed by atoms with Crippen LogP contribution in [-0.4, -0.2) is 39.8 Å². The average Bonchev–Trinajstić information content (AvgIpc) is 3.37. The molecule has 0 spiro atoms. The lowest BCUT2D eigenvalue weighted by Gasteiger charge is -2.23. The molecule has 1 saturated heterocycles. The first-order chi connectivity index (χ1) is 14.2. The molecule has 6 heteroatoms. The van der Waals surface area contributed by atoms with E-state index >= 15 is 0 Å². The Balaban J connectivity index is 1.68. The molecule has 6 nitrogen and oxygen atoms in total. The van der Waals surface area contributed by atoms with E-state index < -0.39 is 0 Å². The summed E-state index contributed by atoms with van der Waals surface area (Å²) >= 11 is 0. The Bertz CT molecular complexity index is 1170. The standard InChI is InChI=1S/C23H27N5O/c1-14(2)22-18-10-16(15-6-8-24-9-7-15)4-5-19(18)27-23(22)17-11-20-25-13-26-28(20)21(12-17)29-3/h4-5,10-15,24,27H,6-9H2,1-3H3. The number of methoxy groups -OCH3 is 1. The van der Waals surface area contributed by atoms with Gasteiger partial charge in [0.05, 0.1) is 12.8 Å². The number of piperidine rings is 1. The zero-order valence-corrected chi connectivity index (χ0v) is 17.2. The van der Waals surface area contributed by atoms with Crippen molar-refractivity contribution in [1.82, 2.24) is 24.9 Å². The van der Waals surface area contributed by atoms with Crippen molar-refractivity contribution >= 4 is 16.6 Å². The number of hydrogen-bond donors (Lipinski definition) is 2. The van der Waals surface area contributed by atoms with Gasteiger partial charge in [0.2, 0.25) is 5.88 Å². The second kappa shape index (κ2) is 7.19. The van der Waals surface area contributed by atoms with Crippen LogP contribution in [0.4, 0.5) is 0 Å². The summed E-state index contributed by atoms with van der Waals surface area (Å²) in [7, 11) is 1.67. The first-order valence-electron chi connectivity index (χ1n) is 10.4. The molecule has 1 aromatic carbocycles. The van der Waals surface area contributed by atoms with Crippen molar-refractivity contribution < 1.29 is 4.74 Å². The summed E-state index contributed by atoms with van der Waals surface area (Å²) in [5.41, 5.74) is 6.98. The molecule has 0 amide bonds. The Morgan fingerprint density at radius 2 is 1.97 bits per heavy atom. The van der Waals surface area contributed by atoms with Crippen LogP contribution in [0.3, 0.4) is 0 Å². The second-order valence-electron chi connectivity index (χ2n) is 8.21. The molecule has 4 heterocycles. The van der Waals surface area contributed by atoms with Gasteiger partial charge >= 0.3 is 0 Å². The van der Waals surface area contributed by atoms with Gasteiger partial charge < -0.3 is 15.0 Å². The normalized spacial score (nSPS) is 15.6. The summed E-state index contributed by atoms with van der Waals surface area (Å²) in [5.74, 6) is 1.72. The minimum atomic E-state index is 0.391. The Morgan fingerprint density at radius 3 is 2.72 bits per heavy atom. The minimum Gasteiger partial charge on any atom is -0.481 e. The van der Waals surface area contributed by atoms with Crippen molar-refractivity contribution in [1.29, 1.82) is 0 Å². The average molecular weight is 390 g/mol. The molecule has 4 aromatic rings. The number of pyridine rings is 1. The quantitative estimate of drug-likeness (QED) is 0.540. The van der Waals surface area contributed by atoms with Crippen LogP contribution in [0.15, 0.2) is 36.7 Å². The summed E-state index contributed by atoms with van der Waals surface area (Å²) in [4.78, 5) is 8.04. The number of ether oxygens (including phenoxy) is 1. The van der Waals surface area contributed by atoms with Crippen LogP contribution in [0.5, 0.6) is 5.88 Å². The molecule has 0 unspecified atom stereocenters. The van der Waals surface area contributed by atoms with E-state index in [0.29, 0.717) is 17.7 Å². The van der Waals surface area contributed by atoms with E-state index in [-0.39, 0.29) is 0 Å². The molecule has 3 aromatic heterocycles. The number of nitrogens with one attached hydrogen (secondary N) is 2. The van der Waals surface area contributed by atoms with Crippen LogP contribution in [0.25, 0.3) is 27.8 Å². The summed E-state index contributed by atoms with van der Waals surface area (Å²) < 4.78 is 7.28. The first kappa shape index (κ1) is 18.2. The van der Waals surface area contributed by atoms with Crippen LogP contribution < -0.4 is 10.1 Å². The molecule has 1 aliphatic rings. The van der Waals surface area contributed by atoms with Gasteiger partial charge in [-0.15, -0.1) is 0 Å². The van der Waals surface area contributed by atoms with E-state index in [0.717, 1.165) is 30.0 Å². The van der Waals surface area contributed by atoms with E-state index in [1.165, 1.54) is 34.9 Å². The van der Waals surface area contributed by atoms with Crippen molar-refractivity contribution in [2.24, 2.45) is 0 Å². The van der Waals surface area contributed by atoms with Gasteiger partial charge in [0.1, 0.15) is 6.33 Å². The third-order valence-corrected chi connectivity index (χ3v) is 6.09. The number of aromatic amines is 1. The van der Waals surface area contributed by atoms with E-state index in [9.17, 15) is 0 Å². The molecule has 150 valence electrons. The molecule has 0 atom stereocenters. The van der Waals surface area contributed by atoms with Gasteiger partial charge in [-0.05, 0) is 67.1 Å². The fourth-order valence-corrected chi connectivity index (χ4v) is 4.65. The van der Waals surface area contributed by atoms with Crippen molar-refractivity contribution in [3.63, 3.8) is 0 Å². The smallest absolute Gasteiger partial charge is 0.216 e. The van der Waals surface area contributed by atoms with Gasteiger partial charge in [-0.3, -0.25) is 0 Å². The van der Waals surface area contributed by atoms with Gasteiger partial charge in [0.25, 0.3) is 0 Å². The predicted molar refractivity (Wildman–Crippen MR) is 116 cm³/mol. The third-order valence-electron chi connectivity index (χ3n) is 6.09. The Hall–Kier alpha value is -2.86. The zero-order chi connectivity index (χ0) is 20.0. The summed E-state index contributed by atoms with van der Waals surface area (Å²) in [6.45, 7) is 6.73. The number of benzene rings is 1. The van der Waals surface area contributed by atoms with Gasteiger partial charge in [0, 0.05) is 22.5 Å². The number of rotatable bonds is 4. The fourth-order valence-electron chi connectivity index (χ4n) is 4.65. The highest BCUT2D eigenvalue weighted by molar-refractivity contribution is 5.92. The second-order valence-corrected chi connectivity index (χ2v) is 8.21. The Labute approximate surface area is 170 Å². The SMILES string of the molecule is COc1cc(-c2[nH]c3ccc(C4CCNCC4)cc3c2C(C)C)cc2ncnn12. The molecular weight excluding hydrogens is 362 g/mol. The third kappa shape index (κ3) is 3.08. The maximum atomic E-state index is 5.56. The van der Waals surface area contributed by atoms with Crippen molar-refractivity contribution in [2.45, 2.75) is 38.5 Å². The lowest BCUT2D eigenvalue weighted by molar-refractivity contribution is 0.386. The summed E-state index contributed by atoms with van der Waals surface area (Å²) in [6.07, 6.45) is 3.97. The monoisotopic (exact) mass is 389 g/mol. The number of fused-ring (bicyclic) bond motifs is 2.